The third-order valence-electron chi connectivity index (χ3n) is 5.78. The number of nitriles is 1. The van der Waals surface area contributed by atoms with Crippen LogP contribution >= 0.6 is 11.6 Å². The molecule has 1 aliphatic heterocycles. The minimum Gasteiger partial charge on any atom is -0.488 e. The highest BCUT2D eigenvalue weighted by Crippen LogP contribution is 2.38. The Kier molecular flexibility index (Phi) is 5.44. The lowest BCUT2D eigenvalue weighted by molar-refractivity contribution is -0.0231. The van der Waals surface area contributed by atoms with E-state index in [1.54, 1.807) is 29.2 Å². The van der Waals surface area contributed by atoms with E-state index in [1.165, 1.54) is 12.1 Å². The van der Waals surface area contributed by atoms with Crippen molar-refractivity contribution in [1.29, 1.82) is 5.26 Å². The SMILES string of the molecule is N#Cc1ccc(C(=O)N2C[C@H]3C[C@@H](Oc4cccc(Cl)c4)[C@H](O)C[C@H]3C2)c(F)c1. The van der Waals surface area contributed by atoms with Gasteiger partial charge < -0.3 is 14.7 Å². The molecule has 1 N–H and O–H groups in total. The summed E-state index contributed by atoms with van der Waals surface area (Å²) in [5.41, 5.74) is 0.146. The fraction of sp³-hybridized carbons (Fsp3) is 0.364. The van der Waals surface area contributed by atoms with E-state index in [1.807, 2.05) is 6.07 Å². The number of aliphatic hydroxyl groups excluding tert-OH is 1. The maximum atomic E-state index is 14.2. The molecule has 4 rings (SSSR count). The van der Waals surface area contributed by atoms with Crippen LogP contribution in [-0.2, 0) is 0 Å². The minimum absolute atomic E-state index is 0.0325. The highest BCUT2D eigenvalue weighted by atomic mass is 35.5. The number of aliphatic hydroxyl groups is 1. The van der Waals surface area contributed by atoms with Crippen molar-refractivity contribution >= 4 is 17.5 Å². The van der Waals surface area contributed by atoms with Gasteiger partial charge in [-0.15, -0.1) is 0 Å². The Morgan fingerprint density at radius 1 is 1.21 bits per heavy atom. The zero-order valence-electron chi connectivity index (χ0n) is 15.6. The Balaban J connectivity index is 1.44. The standard InChI is InChI=1S/C22H20ClFN2O3/c23-16-2-1-3-17(9-16)29-21-8-15-12-26(11-14(15)7-20(21)27)22(28)18-5-4-13(10-25)6-19(18)24/h1-6,9,14-15,20-21,27H,7-8,11-12H2/t14-,15+,20+,21+/m0/s1. The minimum atomic E-state index is -0.689. The van der Waals surface area contributed by atoms with Gasteiger partial charge in [0.2, 0.25) is 0 Å². The highest BCUT2D eigenvalue weighted by molar-refractivity contribution is 6.30. The summed E-state index contributed by atoms with van der Waals surface area (Å²) < 4.78 is 20.2. The molecular weight excluding hydrogens is 395 g/mol. The molecule has 1 heterocycles. The molecule has 2 aromatic rings. The fourth-order valence-electron chi connectivity index (χ4n) is 4.33. The number of halogens is 2. The lowest BCUT2D eigenvalue weighted by Crippen LogP contribution is -2.42. The first kappa shape index (κ1) is 19.7. The number of rotatable bonds is 3. The normalized spacial score (nSPS) is 25.9. The van der Waals surface area contributed by atoms with Crippen molar-refractivity contribution in [2.75, 3.05) is 13.1 Å². The lowest BCUT2D eigenvalue weighted by atomic mass is 9.78. The van der Waals surface area contributed by atoms with Gasteiger partial charge in [0.25, 0.3) is 5.91 Å². The second-order valence-electron chi connectivity index (χ2n) is 7.69. The molecule has 5 nitrogen and oxygen atoms in total. The quantitative estimate of drug-likeness (QED) is 0.832. The number of benzene rings is 2. The number of nitrogens with zero attached hydrogens (tertiary/aromatic N) is 2. The van der Waals surface area contributed by atoms with Crippen LogP contribution in [0.25, 0.3) is 0 Å². The van der Waals surface area contributed by atoms with Gasteiger partial charge in [-0.05, 0) is 61.1 Å². The van der Waals surface area contributed by atoms with E-state index in [4.69, 9.17) is 21.6 Å². The van der Waals surface area contributed by atoms with Crippen molar-refractivity contribution in [3.05, 3.63) is 64.4 Å². The predicted molar refractivity (Wildman–Crippen MR) is 105 cm³/mol. The molecule has 29 heavy (non-hydrogen) atoms. The van der Waals surface area contributed by atoms with Gasteiger partial charge in [-0.1, -0.05) is 17.7 Å². The van der Waals surface area contributed by atoms with Crippen molar-refractivity contribution in [2.45, 2.75) is 25.0 Å². The smallest absolute Gasteiger partial charge is 0.256 e. The third-order valence-corrected chi connectivity index (χ3v) is 6.02. The molecule has 1 saturated carbocycles. The van der Waals surface area contributed by atoms with Crippen LogP contribution in [0.2, 0.25) is 5.02 Å². The number of amides is 1. The summed E-state index contributed by atoms with van der Waals surface area (Å²) in [4.78, 5) is 14.4. The lowest BCUT2D eigenvalue weighted by Gasteiger charge is -2.35. The molecule has 1 aliphatic carbocycles. The Bertz CT molecular complexity index is 977. The molecule has 2 aliphatic rings. The van der Waals surface area contributed by atoms with Crippen molar-refractivity contribution in [3.63, 3.8) is 0 Å². The molecule has 0 bridgehead atoms. The molecule has 7 heteroatoms. The van der Waals surface area contributed by atoms with Crippen LogP contribution in [0.3, 0.4) is 0 Å². The molecule has 0 aromatic heterocycles. The van der Waals surface area contributed by atoms with E-state index in [0.29, 0.717) is 36.7 Å². The number of ether oxygens (including phenoxy) is 1. The largest absolute Gasteiger partial charge is 0.488 e. The van der Waals surface area contributed by atoms with Gasteiger partial charge in [0, 0.05) is 18.1 Å². The monoisotopic (exact) mass is 414 g/mol. The van der Waals surface area contributed by atoms with E-state index < -0.39 is 11.9 Å². The molecule has 150 valence electrons. The van der Waals surface area contributed by atoms with Crippen LogP contribution in [0, 0.1) is 29.0 Å². The van der Waals surface area contributed by atoms with Gasteiger partial charge in [0.1, 0.15) is 17.7 Å². The molecule has 1 saturated heterocycles. The molecular formula is C22H20ClFN2O3. The van der Waals surface area contributed by atoms with Gasteiger partial charge in [0.15, 0.2) is 0 Å². The van der Waals surface area contributed by atoms with Gasteiger partial charge in [0.05, 0.1) is 23.3 Å². The molecule has 2 aromatic carbocycles. The third kappa shape index (κ3) is 4.07. The molecule has 4 atom stereocenters. The van der Waals surface area contributed by atoms with E-state index in [-0.39, 0.29) is 35.0 Å². The molecule has 0 unspecified atom stereocenters. The van der Waals surface area contributed by atoms with E-state index >= 15 is 0 Å². The molecule has 0 radical (unpaired) electrons. The van der Waals surface area contributed by atoms with Gasteiger partial charge in [-0.25, -0.2) is 4.39 Å². The molecule has 1 amide bonds. The van der Waals surface area contributed by atoms with E-state index in [9.17, 15) is 14.3 Å². The van der Waals surface area contributed by atoms with E-state index in [0.717, 1.165) is 6.07 Å². The zero-order valence-corrected chi connectivity index (χ0v) is 16.3. The average Bonchev–Trinajstić information content (AvgIpc) is 3.10. The Morgan fingerprint density at radius 3 is 2.66 bits per heavy atom. The Labute approximate surface area is 173 Å². The van der Waals surface area contributed by atoms with Crippen molar-refractivity contribution in [3.8, 4) is 11.8 Å². The van der Waals surface area contributed by atoms with Crippen molar-refractivity contribution in [2.24, 2.45) is 11.8 Å². The van der Waals surface area contributed by atoms with Gasteiger partial charge in [-0.3, -0.25) is 4.79 Å². The Hall–Kier alpha value is -2.62. The number of hydrogen-bond acceptors (Lipinski definition) is 4. The second kappa shape index (κ2) is 8.02. The maximum absolute atomic E-state index is 14.2. The summed E-state index contributed by atoms with van der Waals surface area (Å²) in [5.74, 6) is -0.150. The van der Waals surface area contributed by atoms with Crippen LogP contribution in [-0.4, -0.2) is 41.2 Å². The summed E-state index contributed by atoms with van der Waals surface area (Å²) >= 11 is 6.00. The van der Waals surface area contributed by atoms with Crippen LogP contribution < -0.4 is 4.74 Å². The van der Waals surface area contributed by atoms with Crippen molar-refractivity contribution in [1.82, 2.24) is 4.90 Å². The number of carbonyl (C=O) groups excluding carboxylic acids is 1. The highest BCUT2D eigenvalue weighted by Gasteiger charge is 2.44. The van der Waals surface area contributed by atoms with Crippen LogP contribution in [0.4, 0.5) is 4.39 Å². The number of likely N-dealkylation sites (tertiary alicyclic amines) is 1. The summed E-state index contributed by atoms with van der Waals surface area (Å²) in [7, 11) is 0. The fourth-order valence-corrected chi connectivity index (χ4v) is 4.51. The first-order valence-electron chi connectivity index (χ1n) is 9.54. The summed E-state index contributed by atoms with van der Waals surface area (Å²) in [6.45, 7) is 0.967. The van der Waals surface area contributed by atoms with Crippen LogP contribution in [0.15, 0.2) is 42.5 Å². The molecule has 2 fully saturated rings. The topological polar surface area (TPSA) is 73.6 Å². The first-order valence-corrected chi connectivity index (χ1v) is 9.91. The number of fused-ring (bicyclic) bond motifs is 1. The Morgan fingerprint density at radius 2 is 1.97 bits per heavy atom. The maximum Gasteiger partial charge on any atom is 0.256 e. The van der Waals surface area contributed by atoms with Crippen LogP contribution in [0.5, 0.6) is 5.75 Å². The second-order valence-corrected chi connectivity index (χ2v) is 8.13. The van der Waals surface area contributed by atoms with Gasteiger partial charge in [-0.2, -0.15) is 5.26 Å². The molecule has 0 spiro atoms. The van der Waals surface area contributed by atoms with Gasteiger partial charge >= 0.3 is 0 Å². The number of carbonyl (C=O) groups is 1. The summed E-state index contributed by atoms with van der Waals surface area (Å²) in [6.07, 6.45) is 0.112. The number of hydrogen-bond donors (Lipinski definition) is 1. The summed E-state index contributed by atoms with van der Waals surface area (Å²) in [6, 6.07) is 12.8. The predicted octanol–water partition coefficient (Wildman–Crippen LogP) is 3.64. The first-order chi connectivity index (χ1) is 13.9. The zero-order chi connectivity index (χ0) is 20.5. The van der Waals surface area contributed by atoms with Crippen LogP contribution in [0.1, 0.15) is 28.8 Å². The summed E-state index contributed by atoms with van der Waals surface area (Å²) in [5, 5.41) is 20.0. The van der Waals surface area contributed by atoms with E-state index in [2.05, 4.69) is 0 Å². The van der Waals surface area contributed by atoms with Crippen molar-refractivity contribution < 1.29 is 19.0 Å². The average molecular weight is 415 g/mol.